The molecule has 1 fully saturated rings. The Labute approximate surface area is 123 Å². The lowest BCUT2D eigenvalue weighted by atomic mass is 9.76. The highest BCUT2D eigenvalue weighted by Crippen LogP contribution is 2.37. The van der Waals surface area contributed by atoms with Crippen molar-refractivity contribution in [1.29, 1.82) is 0 Å². The van der Waals surface area contributed by atoms with Gasteiger partial charge in [-0.25, -0.2) is 8.42 Å². The fourth-order valence-corrected chi connectivity index (χ4v) is 3.37. The van der Waals surface area contributed by atoms with Gasteiger partial charge in [0.1, 0.15) is 9.84 Å². The van der Waals surface area contributed by atoms with Crippen LogP contribution >= 0.6 is 15.9 Å². The van der Waals surface area contributed by atoms with Crippen molar-refractivity contribution in [3.8, 4) is 0 Å². The second-order valence-electron chi connectivity index (χ2n) is 5.35. The molecule has 0 radical (unpaired) electrons. The topological polar surface area (TPSA) is 46.2 Å². The number of benzene rings is 1. The van der Waals surface area contributed by atoms with Crippen LogP contribution in [0.5, 0.6) is 0 Å². The molecule has 1 saturated carbocycles. The average molecular weight is 346 g/mol. The number of halogens is 1. The number of hydrogen-bond acceptors (Lipinski definition) is 3. The normalized spacial score (nSPS) is 23.1. The predicted octanol–water partition coefficient (Wildman–Crippen LogP) is 2.72. The van der Waals surface area contributed by atoms with E-state index < -0.39 is 9.84 Å². The van der Waals surface area contributed by atoms with Gasteiger partial charge in [-0.2, -0.15) is 0 Å². The van der Waals surface area contributed by atoms with Crippen molar-refractivity contribution in [3.05, 3.63) is 34.3 Å². The molecule has 0 heterocycles. The summed E-state index contributed by atoms with van der Waals surface area (Å²) in [6.07, 6.45) is 4.30. The summed E-state index contributed by atoms with van der Waals surface area (Å²) < 4.78 is 23.1. The van der Waals surface area contributed by atoms with E-state index in [1.54, 1.807) is 0 Å². The summed E-state index contributed by atoms with van der Waals surface area (Å²) in [6.45, 7) is 0.796. The number of sulfone groups is 1. The zero-order valence-corrected chi connectivity index (χ0v) is 13.5. The van der Waals surface area contributed by atoms with Crippen LogP contribution in [0.3, 0.4) is 0 Å². The third-order valence-corrected chi connectivity index (χ3v) is 5.16. The van der Waals surface area contributed by atoms with Gasteiger partial charge in [-0.1, -0.05) is 28.1 Å². The summed E-state index contributed by atoms with van der Waals surface area (Å²) in [5.74, 6) is 0.934. The Bertz CT molecular complexity index is 507. The van der Waals surface area contributed by atoms with Crippen LogP contribution in [-0.4, -0.2) is 33.0 Å². The Kier molecular flexibility index (Phi) is 5.03. The number of nitrogens with one attached hydrogen (secondary N) is 1. The summed E-state index contributed by atoms with van der Waals surface area (Å²) in [4.78, 5) is 0. The standard InChI is InChI=1S/C14H20BrNO2S/c1-19(17,18)8-2-7-16-14-9-12(10-14)11-3-5-13(15)6-4-11/h3-6,12,14,16H,2,7-10H2,1H3. The van der Waals surface area contributed by atoms with Crippen LogP contribution in [0.25, 0.3) is 0 Å². The van der Waals surface area contributed by atoms with Crippen molar-refractivity contribution >= 4 is 25.8 Å². The van der Waals surface area contributed by atoms with Crippen LogP contribution in [0, 0.1) is 0 Å². The van der Waals surface area contributed by atoms with Gasteiger partial charge >= 0.3 is 0 Å². The SMILES string of the molecule is CS(=O)(=O)CCCNC1CC(c2ccc(Br)cc2)C1. The van der Waals surface area contributed by atoms with Crippen molar-refractivity contribution in [1.82, 2.24) is 5.32 Å². The molecule has 0 saturated heterocycles. The summed E-state index contributed by atoms with van der Waals surface area (Å²) in [5.41, 5.74) is 1.40. The Morgan fingerprint density at radius 3 is 2.47 bits per heavy atom. The molecule has 1 aromatic carbocycles. The molecular weight excluding hydrogens is 326 g/mol. The van der Waals surface area contributed by atoms with Crippen molar-refractivity contribution in [2.24, 2.45) is 0 Å². The molecule has 2 rings (SSSR count). The highest BCUT2D eigenvalue weighted by atomic mass is 79.9. The van der Waals surface area contributed by atoms with E-state index in [-0.39, 0.29) is 5.75 Å². The molecule has 0 unspecified atom stereocenters. The van der Waals surface area contributed by atoms with E-state index in [2.05, 4.69) is 45.5 Å². The maximum atomic E-state index is 11.0. The van der Waals surface area contributed by atoms with Crippen LogP contribution in [0.15, 0.2) is 28.7 Å². The molecule has 1 aromatic rings. The van der Waals surface area contributed by atoms with Crippen LogP contribution in [0.1, 0.15) is 30.7 Å². The highest BCUT2D eigenvalue weighted by molar-refractivity contribution is 9.10. The lowest BCUT2D eigenvalue weighted by molar-refractivity contribution is 0.292. The Balaban J connectivity index is 1.65. The van der Waals surface area contributed by atoms with E-state index >= 15 is 0 Å². The zero-order valence-electron chi connectivity index (χ0n) is 11.1. The first-order valence-corrected chi connectivity index (χ1v) is 9.46. The van der Waals surface area contributed by atoms with E-state index in [4.69, 9.17) is 0 Å². The molecule has 19 heavy (non-hydrogen) atoms. The van der Waals surface area contributed by atoms with E-state index in [9.17, 15) is 8.42 Å². The van der Waals surface area contributed by atoms with Gasteiger partial charge in [-0.05, 0) is 49.4 Å². The second kappa shape index (κ2) is 6.37. The van der Waals surface area contributed by atoms with E-state index in [0.29, 0.717) is 18.4 Å². The van der Waals surface area contributed by atoms with Crippen LogP contribution in [-0.2, 0) is 9.84 Å². The van der Waals surface area contributed by atoms with Gasteiger partial charge in [0.2, 0.25) is 0 Å². The third-order valence-electron chi connectivity index (χ3n) is 3.60. The molecule has 0 amide bonds. The third kappa shape index (κ3) is 4.89. The molecule has 106 valence electrons. The van der Waals surface area contributed by atoms with Crippen LogP contribution in [0.2, 0.25) is 0 Å². The molecular formula is C14H20BrNO2S. The maximum Gasteiger partial charge on any atom is 0.147 e. The number of rotatable bonds is 6. The molecule has 0 aromatic heterocycles. The quantitative estimate of drug-likeness (QED) is 0.806. The molecule has 0 aliphatic heterocycles. The van der Waals surface area contributed by atoms with Gasteiger partial charge in [-0.15, -0.1) is 0 Å². The summed E-state index contributed by atoms with van der Waals surface area (Å²) in [7, 11) is -2.81. The fraction of sp³-hybridized carbons (Fsp3) is 0.571. The Morgan fingerprint density at radius 1 is 1.26 bits per heavy atom. The van der Waals surface area contributed by atoms with E-state index in [1.165, 1.54) is 11.8 Å². The minimum Gasteiger partial charge on any atom is -0.314 e. The molecule has 1 aliphatic carbocycles. The minimum absolute atomic E-state index is 0.281. The van der Waals surface area contributed by atoms with E-state index in [1.807, 2.05) is 0 Å². The molecule has 0 bridgehead atoms. The van der Waals surface area contributed by atoms with Crippen LogP contribution in [0.4, 0.5) is 0 Å². The summed E-state index contributed by atoms with van der Waals surface area (Å²) in [5, 5.41) is 3.43. The molecule has 0 spiro atoms. The highest BCUT2D eigenvalue weighted by Gasteiger charge is 2.29. The van der Waals surface area contributed by atoms with Crippen molar-refractivity contribution < 1.29 is 8.42 Å². The first kappa shape index (κ1) is 15.0. The van der Waals surface area contributed by atoms with Crippen LogP contribution < -0.4 is 5.32 Å². The first-order valence-electron chi connectivity index (χ1n) is 6.60. The Hall–Kier alpha value is -0.390. The zero-order chi connectivity index (χ0) is 13.9. The van der Waals surface area contributed by atoms with Gasteiger partial charge in [0, 0.05) is 16.8 Å². The lowest BCUT2D eigenvalue weighted by Crippen LogP contribution is -2.40. The molecule has 1 aliphatic rings. The summed E-state index contributed by atoms with van der Waals surface area (Å²) >= 11 is 3.44. The molecule has 5 heteroatoms. The van der Waals surface area contributed by atoms with Gasteiger partial charge in [-0.3, -0.25) is 0 Å². The molecule has 3 nitrogen and oxygen atoms in total. The largest absolute Gasteiger partial charge is 0.314 e. The van der Waals surface area contributed by atoms with Gasteiger partial charge in [0.15, 0.2) is 0 Å². The van der Waals surface area contributed by atoms with Gasteiger partial charge in [0.05, 0.1) is 5.75 Å². The minimum atomic E-state index is -2.81. The molecule has 1 N–H and O–H groups in total. The monoisotopic (exact) mass is 345 g/mol. The molecule has 0 atom stereocenters. The van der Waals surface area contributed by atoms with Gasteiger partial charge < -0.3 is 5.32 Å². The Morgan fingerprint density at radius 2 is 1.89 bits per heavy atom. The number of hydrogen-bond donors (Lipinski definition) is 1. The van der Waals surface area contributed by atoms with Crippen molar-refractivity contribution in [2.75, 3.05) is 18.6 Å². The first-order chi connectivity index (χ1) is 8.94. The second-order valence-corrected chi connectivity index (χ2v) is 8.53. The smallest absolute Gasteiger partial charge is 0.147 e. The van der Waals surface area contributed by atoms with Crippen molar-refractivity contribution in [3.63, 3.8) is 0 Å². The predicted molar refractivity (Wildman–Crippen MR) is 82.2 cm³/mol. The van der Waals surface area contributed by atoms with Gasteiger partial charge in [0.25, 0.3) is 0 Å². The average Bonchev–Trinajstić information content (AvgIpc) is 2.27. The maximum absolute atomic E-state index is 11.0. The fourth-order valence-electron chi connectivity index (χ4n) is 2.43. The van der Waals surface area contributed by atoms with Crippen molar-refractivity contribution in [2.45, 2.75) is 31.2 Å². The lowest BCUT2D eigenvalue weighted by Gasteiger charge is -2.36. The van der Waals surface area contributed by atoms with E-state index in [0.717, 1.165) is 23.9 Å². The summed E-state index contributed by atoms with van der Waals surface area (Å²) in [6, 6.07) is 9.07.